The Labute approximate surface area is 152 Å². The third-order valence-electron chi connectivity index (χ3n) is 2.58. The Morgan fingerprint density at radius 2 is 2.21 bits per heavy atom. The fourth-order valence-electron chi connectivity index (χ4n) is 1.69. The first-order chi connectivity index (χ1) is 11.2. The van der Waals surface area contributed by atoms with Gasteiger partial charge in [-0.1, -0.05) is 27.7 Å². The van der Waals surface area contributed by atoms with Gasteiger partial charge < -0.3 is 10.1 Å². The van der Waals surface area contributed by atoms with Gasteiger partial charge in [0, 0.05) is 10.0 Å². The third-order valence-corrected chi connectivity index (χ3v) is 3.94. The van der Waals surface area contributed by atoms with Crippen LogP contribution >= 0.6 is 27.7 Å². The second-order valence-electron chi connectivity index (χ2n) is 5.85. The SMILES string of the molecule is CC(C)(C)OC(=O)Nc1ccc(Br)cc1C=NN=C1NC(=O)CS1. The first-order valence-corrected chi connectivity index (χ1v) is 8.84. The Kier molecular flexibility index (Phi) is 6.00. The summed E-state index contributed by atoms with van der Waals surface area (Å²) in [5.41, 5.74) is 0.603. The van der Waals surface area contributed by atoms with Gasteiger partial charge in [-0.05, 0) is 39.0 Å². The minimum absolute atomic E-state index is 0.0938. The van der Waals surface area contributed by atoms with Crippen LogP contribution in [0.3, 0.4) is 0 Å². The number of nitrogens with one attached hydrogen (secondary N) is 2. The van der Waals surface area contributed by atoms with E-state index in [0.717, 1.165) is 4.47 Å². The fraction of sp³-hybridized carbons (Fsp3) is 0.333. The van der Waals surface area contributed by atoms with Gasteiger partial charge in [0.25, 0.3) is 0 Å². The normalized spacial score (nSPS) is 16.5. The molecule has 1 aromatic carbocycles. The average Bonchev–Trinajstić information content (AvgIpc) is 2.85. The summed E-state index contributed by atoms with van der Waals surface area (Å²) in [6.07, 6.45) is 0.944. The van der Waals surface area contributed by atoms with E-state index in [4.69, 9.17) is 4.74 Å². The molecule has 1 aliphatic heterocycles. The number of halogens is 1. The number of thioether (sulfide) groups is 1. The van der Waals surface area contributed by atoms with Crippen molar-refractivity contribution in [2.24, 2.45) is 10.2 Å². The molecule has 0 unspecified atom stereocenters. The summed E-state index contributed by atoms with van der Waals surface area (Å²) < 4.78 is 6.07. The second kappa shape index (κ2) is 7.80. The van der Waals surface area contributed by atoms with E-state index in [1.807, 2.05) is 0 Å². The quantitative estimate of drug-likeness (QED) is 0.587. The molecule has 1 aromatic rings. The molecule has 1 saturated heterocycles. The molecule has 0 spiro atoms. The molecule has 7 nitrogen and oxygen atoms in total. The van der Waals surface area contributed by atoms with Gasteiger partial charge >= 0.3 is 6.09 Å². The number of rotatable bonds is 3. The van der Waals surface area contributed by atoms with Crippen LogP contribution in [0.2, 0.25) is 0 Å². The molecule has 0 saturated carbocycles. The predicted octanol–water partition coefficient (Wildman–Crippen LogP) is 3.35. The lowest BCUT2D eigenvalue weighted by atomic mass is 10.2. The number of hydrogen-bond donors (Lipinski definition) is 2. The number of hydrogen-bond acceptors (Lipinski definition) is 6. The number of anilines is 1. The summed E-state index contributed by atoms with van der Waals surface area (Å²) in [5, 5.41) is 13.6. The van der Waals surface area contributed by atoms with Crippen LogP contribution in [-0.2, 0) is 9.53 Å². The average molecular weight is 413 g/mol. The third kappa shape index (κ3) is 5.97. The van der Waals surface area contributed by atoms with Crippen molar-refractivity contribution in [2.75, 3.05) is 11.1 Å². The van der Waals surface area contributed by atoms with Gasteiger partial charge in [-0.15, -0.1) is 5.10 Å². The summed E-state index contributed by atoms with van der Waals surface area (Å²) >= 11 is 4.66. The van der Waals surface area contributed by atoms with E-state index in [1.165, 1.54) is 18.0 Å². The molecule has 1 fully saturated rings. The van der Waals surface area contributed by atoms with Crippen LogP contribution < -0.4 is 10.6 Å². The van der Waals surface area contributed by atoms with Gasteiger partial charge in [-0.2, -0.15) is 5.10 Å². The summed E-state index contributed by atoms with van der Waals surface area (Å²) in [6.45, 7) is 5.38. The number of benzene rings is 1. The standard InChI is InChI=1S/C15H17BrN4O3S/c1-15(2,3)23-14(22)18-11-5-4-10(16)6-9(11)7-17-20-13-19-12(21)8-24-13/h4-7H,8H2,1-3H3,(H,18,22)(H,19,20,21). The number of nitrogens with zero attached hydrogens (tertiary/aromatic N) is 2. The number of ether oxygens (including phenoxy) is 1. The van der Waals surface area contributed by atoms with Crippen molar-refractivity contribution < 1.29 is 14.3 Å². The molecule has 1 aliphatic rings. The van der Waals surface area contributed by atoms with Crippen molar-refractivity contribution in [3.63, 3.8) is 0 Å². The molecule has 0 bridgehead atoms. The maximum atomic E-state index is 11.9. The monoisotopic (exact) mass is 412 g/mol. The highest BCUT2D eigenvalue weighted by atomic mass is 79.9. The molecule has 128 valence electrons. The minimum atomic E-state index is -0.586. The predicted molar refractivity (Wildman–Crippen MR) is 99.6 cm³/mol. The maximum Gasteiger partial charge on any atom is 0.412 e. The molecule has 2 rings (SSSR count). The molecule has 9 heteroatoms. The van der Waals surface area contributed by atoms with E-state index in [9.17, 15) is 9.59 Å². The molecule has 0 aliphatic carbocycles. The Morgan fingerprint density at radius 3 is 2.83 bits per heavy atom. The fourth-order valence-corrected chi connectivity index (χ4v) is 2.70. The van der Waals surface area contributed by atoms with Crippen LogP contribution in [0.25, 0.3) is 0 Å². The topological polar surface area (TPSA) is 92.2 Å². The van der Waals surface area contributed by atoms with Crippen molar-refractivity contribution in [1.82, 2.24) is 5.32 Å². The molecule has 2 amide bonds. The van der Waals surface area contributed by atoms with Crippen LogP contribution in [0.1, 0.15) is 26.3 Å². The zero-order chi connectivity index (χ0) is 17.7. The van der Waals surface area contributed by atoms with Crippen LogP contribution in [0.15, 0.2) is 32.9 Å². The first-order valence-electron chi connectivity index (χ1n) is 7.06. The van der Waals surface area contributed by atoms with E-state index in [-0.39, 0.29) is 5.91 Å². The van der Waals surface area contributed by atoms with Gasteiger partial charge in [-0.3, -0.25) is 10.1 Å². The number of amidine groups is 1. The van der Waals surface area contributed by atoms with Crippen LogP contribution in [0.5, 0.6) is 0 Å². The summed E-state index contributed by atoms with van der Waals surface area (Å²) in [7, 11) is 0. The van der Waals surface area contributed by atoms with Crippen LogP contribution in [0, 0.1) is 0 Å². The molecule has 1 heterocycles. The lowest BCUT2D eigenvalue weighted by molar-refractivity contribution is -0.116. The van der Waals surface area contributed by atoms with Gasteiger partial charge in [0.2, 0.25) is 5.91 Å². The van der Waals surface area contributed by atoms with Gasteiger partial charge in [-0.25, -0.2) is 4.79 Å². The summed E-state index contributed by atoms with van der Waals surface area (Å²) in [4.78, 5) is 23.0. The highest BCUT2D eigenvalue weighted by Gasteiger charge is 2.17. The number of carbonyl (C=O) groups is 2. The van der Waals surface area contributed by atoms with Gasteiger partial charge in [0.1, 0.15) is 5.60 Å². The van der Waals surface area contributed by atoms with Crippen molar-refractivity contribution in [3.8, 4) is 0 Å². The zero-order valence-corrected chi connectivity index (χ0v) is 15.8. The Hall–Kier alpha value is -1.87. The smallest absolute Gasteiger partial charge is 0.412 e. The van der Waals surface area contributed by atoms with E-state index >= 15 is 0 Å². The van der Waals surface area contributed by atoms with Gasteiger partial charge in [0.05, 0.1) is 17.7 Å². The summed E-state index contributed by atoms with van der Waals surface area (Å²) in [6, 6.07) is 5.31. The highest BCUT2D eigenvalue weighted by molar-refractivity contribution is 9.10. The number of amides is 2. The molecular weight excluding hydrogens is 396 g/mol. The molecular formula is C15H17BrN4O3S. The summed E-state index contributed by atoms with van der Waals surface area (Å²) in [5.74, 6) is 0.250. The number of carbonyl (C=O) groups excluding carboxylic acids is 2. The molecule has 0 aromatic heterocycles. The lowest BCUT2D eigenvalue weighted by Crippen LogP contribution is -2.27. The van der Waals surface area contributed by atoms with Crippen molar-refractivity contribution in [3.05, 3.63) is 28.2 Å². The molecule has 24 heavy (non-hydrogen) atoms. The van der Waals surface area contributed by atoms with E-state index in [2.05, 4.69) is 36.8 Å². The van der Waals surface area contributed by atoms with Crippen molar-refractivity contribution in [2.45, 2.75) is 26.4 Å². The van der Waals surface area contributed by atoms with E-state index in [1.54, 1.807) is 39.0 Å². The van der Waals surface area contributed by atoms with Crippen LogP contribution in [-0.4, -0.2) is 34.7 Å². The second-order valence-corrected chi connectivity index (χ2v) is 7.72. The molecule has 2 N–H and O–H groups in total. The maximum absolute atomic E-state index is 11.9. The zero-order valence-electron chi connectivity index (χ0n) is 13.4. The van der Waals surface area contributed by atoms with E-state index < -0.39 is 11.7 Å². The largest absolute Gasteiger partial charge is 0.444 e. The lowest BCUT2D eigenvalue weighted by Gasteiger charge is -2.20. The van der Waals surface area contributed by atoms with Gasteiger partial charge in [0.15, 0.2) is 5.17 Å². The van der Waals surface area contributed by atoms with Crippen molar-refractivity contribution in [1.29, 1.82) is 0 Å². The first kappa shape index (κ1) is 18.5. The van der Waals surface area contributed by atoms with Crippen molar-refractivity contribution >= 4 is 56.8 Å². The van der Waals surface area contributed by atoms with E-state index in [0.29, 0.717) is 22.2 Å². The van der Waals surface area contributed by atoms with Crippen LogP contribution in [0.4, 0.5) is 10.5 Å². The molecule has 0 radical (unpaired) electrons. The minimum Gasteiger partial charge on any atom is -0.444 e. The Bertz CT molecular complexity index is 713. The Morgan fingerprint density at radius 1 is 1.46 bits per heavy atom. The molecule has 0 atom stereocenters. The Balaban J connectivity index is 2.12. The highest BCUT2D eigenvalue weighted by Crippen LogP contribution is 2.21.